The largest absolute Gasteiger partial charge is 0.368 e. The number of hydrogen-bond acceptors (Lipinski definition) is 5. The summed E-state index contributed by atoms with van der Waals surface area (Å²) in [6, 6.07) is 15.8. The van der Waals surface area contributed by atoms with Crippen molar-refractivity contribution in [1.82, 2.24) is 25.1 Å². The van der Waals surface area contributed by atoms with Gasteiger partial charge >= 0.3 is 0 Å². The Kier molecular flexibility index (Phi) is 4.35. The van der Waals surface area contributed by atoms with E-state index in [0.29, 0.717) is 24.3 Å². The van der Waals surface area contributed by atoms with E-state index in [0.717, 1.165) is 13.1 Å². The molecule has 2 heterocycles. The van der Waals surface area contributed by atoms with Crippen LogP contribution in [0.25, 0.3) is 5.69 Å². The van der Waals surface area contributed by atoms with E-state index in [1.807, 2.05) is 29.2 Å². The minimum atomic E-state index is 0.0144. The second kappa shape index (κ2) is 6.95. The van der Waals surface area contributed by atoms with E-state index in [-0.39, 0.29) is 5.91 Å². The normalized spacial score (nSPS) is 14.5. The molecule has 7 heteroatoms. The molecule has 132 valence electrons. The number of para-hydroxylation sites is 2. The molecule has 0 spiro atoms. The fourth-order valence-corrected chi connectivity index (χ4v) is 3.36. The summed E-state index contributed by atoms with van der Waals surface area (Å²) in [5, 5.41) is 11.2. The van der Waals surface area contributed by atoms with Gasteiger partial charge in [0.05, 0.1) is 11.3 Å². The molecule has 4 rings (SSSR count). The highest BCUT2D eigenvalue weighted by Crippen LogP contribution is 2.22. The fraction of sp³-hybridized carbons (Fsp3) is 0.263. The average molecular weight is 348 g/mol. The van der Waals surface area contributed by atoms with Crippen molar-refractivity contribution >= 4 is 11.6 Å². The van der Waals surface area contributed by atoms with E-state index in [4.69, 9.17) is 0 Å². The number of aromatic nitrogens is 4. The molecular formula is C19H20N6O. The minimum Gasteiger partial charge on any atom is -0.368 e. The molecule has 2 aromatic carbocycles. The Morgan fingerprint density at radius 2 is 1.62 bits per heavy atom. The summed E-state index contributed by atoms with van der Waals surface area (Å²) in [5.74, 6) is 0.0144. The molecule has 0 radical (unpaired) electrons. The van der Waals surface area contributed by atoms with Crippen LogP contribution >= 0.6 is 0 Å². The first-order chi connectivity index (χ1) is 12.7. The summed E-state index contributed by atoms with van der Waals surface area (Å²) in [6.45, 7) is 5.15. The lowest BCUT2D eigenvalue weighted by atomic mass is 10.1. The highest BCUT2D eigenvalue weighted by molar-refractivity contribution is 5.97. The molecule has 7 nitrogen and oxygen atoms in total. The highest BCUT2D eigenvalue weighted by atomic mass is 16.2. The van der Waals surface area contributed by atoms with Gasteiger partial charge in [-0.15, -0.1) is 5.10 Å². The molecule has 1 fully saturated rings. The summed E-state index contributed by atoms with van der Waals surface area (Å²) < 4.78 is 1.52. The summed E-state index contributed by atoms with van der Waals surface area (Å²) in [5.41, 5.74) is 3.82. The van der Waals surface area contributed by atoms with E-state index >= 15 is 0 Å². The third-order valence-corrected chi connectivity index (χ3v) is 4.75. The van der Waals surface area contributed by atoms with Gasteiger partial charge in [0.1, 0.15) is 6.33 Å². The van der Waals surface area contributed by atoms with E-state index in [1.54, 1.807) is 0 Å². The van der Waals surface area contributed by atoms with Gasteiger partial charge in [0.25, 0.3) is 5.91 Å². The number of nitrogens with zero attached hydrogens (tertiary/aromatic N) is 6. The number of amides is 1. The number of aryl methyl sites for hydroxylation is 1. The molecule has 0 aliphatic carbocycles. The Hall–Kier alpha value is -3.22. The van der Waals surface area contributed by atoms with Crippen LogP contribution in [0.4, 0.5) is 5.69 Å². The van der Waals surface area contributed by atoms with Gasteiger partial charge in [0.15, 0.2) is 0 Å². The standard InChI is InChI=1S/C19H20N6O/c1-15-6-2-4-8-17(15)23-10-12-24(13-11-23)19(26)16-7-3-5-9-18(16)25-14-20-21-22-25/h2-9,14H,10-13H2,1H3. The topological polar surface area (TPSA) is 67.2 Å². The van der Waals surface area contributed by atoms with Crippen molar-refractivity contribution in [3.05, 3.63) is 66.0 Å². The van der Waals surface area contributed by atoms with Crippen molar-refractivity contribution in [3.8, 4) is 5.69 Å². The lowest BCUT2D eigenvalue weighted by molar-refractivity contribution is 0.0746. The van der Waals surface area contributed by atoms with Crippen LogP contribution in [-0.2, 0) is 0 Å². The number of piperazine rings is 1. The molecule has 1 aliphatic heterocycles. The first-order valence-corrected chi connectivity index (χ1v) is 8.66. The van der Waals surface area contributed by atoms with Crippen LogP contribution in [0.15, 0.2) is 54.9 Å². The zero-order valence-corrected chi connectivity index (χ0v) is 14.6. The number of anilines is 1. The highest BCUT2D eigenvalue weighted by Gasteiger charge is 2.25. The maximum atomic E-state index is 13.1. The van der Waals surface area contributed by atoms with Gasteiger partial charge in [-0.3, -0.25) is 4.79 Å². The summed E-state index contributed by atoms with van der Waals surface area (Å²) >= 11 is 0. The Labute approximate surface area is 151 Å². The summed E-state index contributed by atoms with van der Waals surface area (Å²) in [6.07, 6.45) is 1.50. The molecule has 1 amide bonds. The van der Waals surface area contributed by atoms with Crippen LogP contribution in [-0.4, -0.2) is 57.2 Å². The monoisotopic (exact) mass is 348 g/mol. The van der Waals surface area contributed by atoms with Gasteiger partial charge in [0, 0.05) is 31.9 Å². The average Bonchev–Trinajstić information content (AvgIpc) is 3.23. The Balaban J connectivity index is 1.51. The molecule has 3 aromatic rings. The predicted octanol–water partition coefficient (Wildman–Crippen LogP) is 1.93. The summed E-state index contributed by atoms with van der Waals surface area (Å²) in [4.78, 5) is 17.3. The molecule has 1 aromatic heterocycles. The van der Waals surface area contributed by atoms with E-state index in [2.05, 4.69) is 51.6 Å². The van der Waals surface area contributed by atoms with Gasteiger partial charge in [-0.05, 0) is 41.1 Å². The maximum absolute atomic E-state index is 13.1. The Morgan fingerprint density at radius 3 is 2.31 bits per heavy atom. The minimum absolute atomic E-state index is 0.0144. The SMILES string of the molecule is Cc1ccccc1N1CCN(C(=O)c2ccccc2-n2cnnn2)CC1. The van der Waals surface area contributed by atoms with Crippen molar-refractivity contribution in [2.24, 2.45) is 0 Å². The zero-order valence-electron chi connectivity index (χ0n) is 14.6. The number of rotatable bonds is 3. The van der Waals surface area contributed by atoms with Crippen LogP contribution in [0.3, 0.4) is 0 Å². The van der Waals surface area contributed by atoms with E-state index < -0.39 is 0 Å². The molecule has 1 aliphatic rings. The number of carbonyl (C=O) groups is 1. The second-order valence-electron chi connectivity index (χ2n) is 6.34. The molecule has 0 N–H and O–H groups in total. The smallest absolute Gasteiger partial charge is 0.256 e. The first-order valence-electron chi connectivity index (χ1n) is 8.66. The fourth-order valence-electron chi connectivity index (χ4n) is 3.36. The van der Waals surface area contributed by atoms with E-state index in [1.165, 1.54) is 22.3 Å². The van der Waals surface area contributed by atoms with Gasteiger partial charge in [-0.1, -0.05) is 30.3 Å². The van der Waals surface area contributed by atoms with Gasteiger partial charge in [-0.2, -0.15) is 4.68 Å². The number of hydrogen-bond donors (Lipinski definition) is 0. The van der Waals surface area contributed by atoms with Gasteiger partial charge in [0.2, 0.25) is 0 Å². The molecule has 1 saturated heterocycles. The van der Waals surface area contributed by atoms with Crippen LogP contribution in [0.5, 0.6) is 0 Å². The first kappa shape index (κ1) is 16.3. The van der Waals surface area contributed by atoms with Crippen molar-refractivity contribution in [2.45, 2.75) is 6.92 Å². The molecule has 0 bridgehead atoms. The Bertz CT molecular complexity index is 900. The number of benzene rings is 2. The van der Waals surface area contributed by atoms with Crippen LogP contribution in [0.2, 0.25) is 0 Å². The van der Waals surface area contributed by atoms with Crippen LogP contribution < -0.4 is 4.90 Å². The molecule has 26 heavy (non-hydrogen) atoms. The van der Waals surface area contributed by atoms with E-state index in [9.17, 15) is 4.79 Å². The lowest BCUT2D eigenvalue weighted by Gasteiger charge is -2.37. The molecule has 0 atom stereocenters. The molecule has 0 unspecified atom stereocenters. The number of carbonyl (C=O) groups excluding carboxylic acids is 1. The van der Waals surface area contributed by atoms with Crippen LogP contribution in [0.1, 0.15) is 15.9 Å². The van der Waals surface area contributed by atoms with Gasteiger partial charge in [-0.25, -0.2) is 0 Å². The second-order valence-corrected chi connectivity index (χ2v) is 6.34. The van der Waals surface area contributed by atoms with Crippen molar-refractivity contribution in [2.75, 3.05) is 31.1 Å². The summed E-state index contributed by atoms with van der Waals surface area (Å²) in [7, 11) is 0. The Morgan fingerprint density at radius 1 is 0.923 bits per heavy atom. The zero-order chi connectivity index (χ0) is 17.9. The van der Waals surface area contributed by atoms with Gasteiger partial charge < -0.3 is 9.80 Å². The van der Waals surface area contributed by atoms with Crippen molar-refractivity contribution < 1.29 is 4.79 Å². The third-order valence-electron chi connectivity index (χ3n) is 4.75. The maximum Gasteiger partial charge on any atom is 0.256 e. The molecule has 0 saturated carbocycles. The molecular weight excluding hydrogens is 328 g/mol. The quantitative estimate of drug-likeness (QED) is 0.724. The third kappa shape index (κ3) is 3.03. The van der Waals surface area contributed by atoms with Crippen LogP contribution in [0, 0.1) is 6.92 Å². The lowest BCUT2D eigenvalue weighted by Crippen LogP contribution is -2.49. The van der Waals surface area contributed by atoms with Crippen molar-refractivity contribution in [3.63, 3.8) is 0 Å². The number of tetrazole rings is 1. The predicted molar refractivity (Wildman–Crippen MR) is 98.4 cm³/mol. The van der Waals surface area contributed by atoms with Crippen molar-refractivity contribution in [1.29, 1.82) is 0 Å².